The third-order valence-electron chi connectivity index (χ3n) is 4.12. The van der Waals surface area contributed by atoms with Crippen LogP contribution in [0.5, 0.6) is 0 Å². The highest BCUT2D eigenvalue weighted by Crippen LogP contribution is 2.38. The van der Waals surface area contributed by atoms with E-state index in [0.717, 1.165) is 0 Å². The van der Waals surface area contributed by atoms with Gasteiger partial charge in [0.05, 0.1) is 0 Å². The van der Waals surface area contributed by atoms with Crippen LogP contribution in [0.2, 0.25) is 0 Å². The minimum atomic E-state index is 1.21. The Hall–Kier alpha value is 1.05. The van der Waals surface area contributed by atoms with Crippen LogP contribution in [0.1, 0.15) is 11.1 Å². The molecule has 3 aromatic carbocycles. The van der Waals surface area contributed by atoms with E-state index >= 15 is 0 Å². The summed E-state index contributed by atoms with van der Waals surface area (Å²) in [7, 11) is 0. The van der Waals surface area contributed by atoms with Crippen LogP contribution in [0.4, 0.5) is 0 Å². The van der Waals surface area contributed by atoms with Gasteiger partial charge < -0.3 is 0 Å². The molecule has 0 unspecified atom stereocenters. The maximum atomic E-state index is 3.94. The Balaban J connectivity index is 2.20. The van der Waals surface area contributed by atoms with Crippen LogP contribution in [-0.2, 0) is 0 Å². The normalized spacial score (nSPS) is 10.8. The van der Waals surface area contributed by atoms with Crippen molar-refractivity contribution in [3.8, 4) is 22.3 Å². The topological polar surface area (TPSA) is 0 Å². The summed E-state index contributed by atoms with van der Waals surface area (Å²) in [5, 5.41) is 0. The number of hydrogen-bond donors (Lipinski definition) is 0. The minimum absolute atomic E-state index is 1.21. The number of benzene rings is 3. The van der Waals surface area contributed by atoms with Gasteiger partial charge in [-0.3, -0.25) is 0 Å². The largest absolute Gasteiger partial charge is 0.0984 e. The summed E-state index contributed by atoms with van der Waals surface area (Å²) in [5.74, 6) is 0. The maximum Gasteiger partial charge on any atom is 0.0225 e. The van der Waals surface area contributed by atoms with E-state index in [2.05, 4.69) is 169 Å². The predicted octanol–water partition coefficient (Wildman–Crippen LogP) is 9.00. The van der Waals surface area contributed by atoms with E-state index in [9.17, 15) is 0 Å². The quantitative estimate of drug-likeness (QED) is 0.231. The molecule has 0 aliphatic heterocycles. The number of halogens is 5. The fraction of sp³-hybridized carbons (Fsp3) is 0.0476. The van der Waals surface area contributed by atoms with Crippen LogP contribution >= 0.6 is 113 Å². The van der Waals surface area contributed by atoms with Crippen LogP contribution in [-0.4, -0.2) is 0 Å². The van der Waals surface area contributed by atoms with E-state index in [4.69, 9.17) is 0 Å². The van der Waals surface area contributed by atoms with Crippen molar-refractivity contribution in [1.82, 2.24) is 0 Å². The van der Waals surface area contributed by atoms with Gasteiger partial charge in [0, 0.05) is 29.0 Å². The first-order valence-corrected chi connectivity index (χ1v) is 13.1. The van der Waals surface area contributed by atoms with Gasteiger partial charge in [-0.2, -0.15) is 0 Å². The second kappa shape index (κ2) is 9.24. The first-order chi connectivity index (χ1) is 12.3. The summed E-state index contributed by atoms with van der Waals surface area (Å²) in [6, 6.07) is 15.6. The maximum absolute atomic E-state index is 3.94. The Bertz CT molecular complexity index is 955. The molecule has 0 amide bonds. The monoisotopic (exact) mass is 900 g/mol. The molecule has 0 saturated carbocycles. The Morgan fingerprint density at radius 3 is 1.69 bits per heavy atom. The molecule has 0 fully saturated rings. The molecule has 0 aliphatic carbocycles. The Morgan fingerprint density at radius 2 is 1.19 bits per heavy atom. The first kappa shape index (κ1) is 21.8. The molecule has 3 rings (SSSR count). The van der Waals surface area contributed by atoms with E-state index in [0.29, 0.717) is 0 Å². The lowest BCUT2D eigenvalue weighted by Crippen LogP contribution is -1.95. The third-order valence-corrected chi connectivity index (χ3v) is 8.51. The van der Waals surface area contributed by atoms with Crippen molar-refractivity contribution in [3.63, 3.8) is 0 Å². The van der Waals surface area contributed by atoms with Crippen molar-refractivity contribution in [2.24, 2.45) is 0 Å². The van der Waals surface area contributed by atoms with Crippen molar-refractivity contribution in [3.05, 3.63) is 78.0 Å². The van der Waals surface area contributed by atoms with Crippen molar-refractivity contribution in [2.75, 3.05) is 0 Å². The standard InChI is InChI=1S/C21H13I5/c1-3-14-16(23)7-13(8-17(14)24)21-18(25)9-12(10-19(21)26)20-11(2)5-4-6-15(20)22/h3-10H,1H2,2H3. The number of rotatable bonds is 3. The van der Waals surface area contributed by atoms with Gasteiger partial charge in [0.25, 0.3) is 0 Å². The summed E-state index contributed by atoms with van der Waals surface area (Å²) in [4.78, 5) is 0. The Kier molecular flexibility index (Phi) is 7.73. The zero-order valence-corrected chi connectivity index (χ0v) is 24.5. The molecular formula is C21H13I5. The van der Waals surface area contributed by atoms with Gasteiger partial charge in [0.15, 0.2) is 0 Å². The van der Waals surface area contributed by atoms with E-state index in [1.165, 1.54) is 51.2 Å². The average Bonchev–Trinajstić information content (AvgIpc) is 2.54. The Labute approximate surface area is 222 Å². The highest BCUT2D eigenvalue weighted by molar-refractivity contribution is 14.1. The molecule has 26 heavy (non-hydrogen) atoms. The van der Waals surface area contributed by atoms with Gasteiger partial charge in [-0.1, -0.05) is 24.8 Å². The first-order valence-electron chi connectivity index (χ1n) is 7.70. The molecule has 0 atom stereocenters. The van der Waals surface area contributed by atoms with Crippen molar-refractivity contribution < 1.29 is 0 Å². The third kappa shape index (κ3) is 4.45. The fourth-order valence-electron chi connectivity index (χ4n) is 2.91. The zero-order chi connectivity index (χ0) is 19.0. The second-order valence-electron chi connectivity index (χ2n) is 5.80. The van der Waals surface area contributed by atoms with Gasteiger partial charge in [-0.25, -0.2) is 0 Å². The van der Waals surface area contributed by atoms with Crippen molar-refractivity contribution in [2.45, 2.75) is 6.92 Å². The van der Waals surface area contributed by atoms with Gasteiger partial charge in [-0.15, -0.1) is 0 Å². The molecule has 132 valence electrons. The summed E-state index contributed by atoms with van der Waals surface area (Å²) in [5.41, 5.74) is 7.73. The SMILES string of the molecule is C=Cc1c(I)cc(-c2c(I)cc(-c3c(C)cccc3I)cc2I)cc1I. The molecule has 0 aliphatic rings. The molecule has 0 nitrogen and oxygen atoms in total. The van der Waals surface area contributed by atoms with E-state index in [1.54, 1.807) is 0 Å². The predicted molar refractivity (Wildman–Crippen MR) is 156 cm³/mol. The molecule has 5 heteroatoms. The van der Waals surface area contributed by atoms with Gasteiger partial charge in [0.2, 0.25) is 0 Å². The Morgan fingerprint density at radius 1 is 0.692 bits per heavy atom. The van der Waals surface area contributed by atoms with Gasteiger partial charge in [-0.05, 0) is 172 Å². The fourth-order valence-corrected chi connectivity index (χ4v) is 8.46. The van der Waals surface area contributed by atoms with Crippen LogP contribution in [0, 0.1) is 24.8 Å². The van der Waals surface area contributed by atoms with Crippen LogP contribution < -0.4 is 0 Å². The zero-order valence-electron chi connectivity index (χ0n) is 13.7. The lowest BCUT2D eigenvalue weighted by Gasteiger charge is -2.15. The summed E-state index contributed by atoms with van der Waals surface area (Å²) < 4.78 is 6.33. The highest BCUT2D eigenvalue weighted by atomic mass is 127. The second-order valence-corrected chi connectivity index (χ2v) is 11.6. The number of aryl methyl sites for hydroxylation is 1. The van der Waals surface area contributed by atoms with Gasteiger partial charge in [0.1, 0.15) is 0 Å². The summed E-state index contributed by atoms with van der Waals surface area (Å²) in [6.07, 6.45) is 1.94. The smallest absolute Gasteiger partial charge is 0.0225 e. The van der Waals surface area contributed by atoms with Crippen LogP contribution in [0.25, 0.3) is 28.3 Å². The molecule has 0 radical (unpaired) electrons. The molecule has 0 spiro atoms. The molecular weight excluding hydrogens is 887 g/mol. The summed E-state index contributed by atoms with van der Waals surface area (Å²) in [6.45, 7) is 6.12. The number of hydrogen-bond acceptors (Lipinski definition) is 0. The lowest BCUT2D eigenvalue weighted by atomic mass is 9.97. The van der Waals surface area contributed by atoms with E-state index < -0.39 is 0 Å². The molecule has 0 heterocycles. The van der Waals surface area contributed by atoms with Crippen LogP contribution in [0.15, 0.2) is 49.0 Å². The van der Waals surface area contributed by atoms with E-state index in [-0.39, 0.29) is 0 Å². The highest BCUT2D eigenvalue weighted by Gasteiger charge is 2.15. The minimum Gasteiger partial charge on any atom is -0.0984 e. The molecule has 0 bridgehead atoms. The molecule has 3 aromatic rings. The van der Waals surface area contributed by atoms with Crippen molar-refractivity contribution in [1.29, 1.82) is 0 Å². The molecule has 0 N–H and O–H groups in total. The van der Waals surface area contributed by atoms with Crippen molar-refractivity contribution >= 4 is 119 Å². The van der Waals surface area contributed by atoms with Gasteiger partial charge >= 0.3 is 0 Å². The average molecular weight is 900 g/mol. The van der Waals surface area contributed by atoms with E-state index in [1.807, 2.05) is 6.08 Å². The van der Waals surface area contributed by atoms with Crippen LogP contribution in [0.3, 0.4) is 0 Å². The molecule has 0 aromatic heterocycles. The summed E-state index contributed by atoms with van der Waals surface area (Å²) >= 11 is 12.2. The lowest BCUT2D eigenvalue weighted by molar-refractivity contribution is 1.42. The molecule has 0 saturated heterocycles.